The third-order valence-electron chi connectivity index (χ3n) is 3.52. The Balaban J connectivity index is 1.83. The van der Waals surface area contributed by atoms with Crippen molar-refractivity contribution < 1.29 is 5.11 Å². The highest BCUT2D eigenvalue weighted by molar-refractivity contribution is 5.63. The van der Waals surface area contributed by atoms with E-state index in [2.05, 4.69) is 53.8 Å². The van der Waals surface area contributed by atoms with E-state index in [1.165, 1.54) is 16.7 Å². The van der Waals surface area contributed by atoms with Crippen LogP contribution in [0.5, 0.6) is 0 Å². The first-order valence-electron chi connectivity index (χ1n) is 7.32. The summed E-state index contributed by atoms with van der Waals surface area (Å²) in [6.45, 7) is 3.72. The van der Waals surface area contributed by atoms with Gasteiger partial charge in [0, 0.05) is 6.54 Å². The maximum atomic E-state index is 9.48. The molecule has 0 aromatic heterocycles. The molecule has 2 rings (SSSR count). The summed E-state index contributed by atoms with van der Waals surface area (Å²) in [7, 11) is 0. The predicted octanol–water partition coefficient (Wildman–Crippen LogP) is 3.60. The molecule has 2 nitrogen and oxygen atoms in total. The Labute approximate surface area is 121 Å². The van der Waals surface area contributed by atoms with Crippen LogP contribution in [0.3, 0.4) is 0 Å². The number of hydrogen-bond acceptors (Lipinski definition) is 2. The van der Waals surface area contributed by atoms with Crippen molar-refractivity contribution in [1.82, 2.24) is 5.32 Å². The zero-order chi connectivity index (χ0) is 14.2. The number of aliphatic hydroxyl groups is 1. The lowest BCUT2D eigenvalue weighted by Gasteiger charge is -2.09. The third kappa shape index (κ3) is 4.48. The highest BCUT2D eigenvalue weighted by Gasteiger charge is 2.00. The van der Waals surface area contributed by atoms with Crippen molar-refractivity contribution in [2.24, 2.45) is 0 Å². The van der Waals surface area contributed by atoms with Crippen molar-refractivity contribution >= 4 is 0 Å². The molecule has 0 fully saturated rings. The fourth-order valence-corrected chi connectivity index (χ4v) is 2.15. The molecule has 0 heterocycles. The highest BCUT2D eigenvalue weighted by Crippen LogP contribution is 2.19. The Morgan fingerprint density at radius 2 is 1.60 bits per heavy atom. The molecule has 0 aliphatic rings. The van der Waals surface area contributed by atoms with Gasteiger partial charge in [-0.1, -0.05) is 61.5 Å². The molecule has 20 heavy (non-hydrogen) atoms. The summed E-state index contributed by atoms with van der Waals surface area (Å²) in [4.78, 5) is 0. The molecule has 1 atom stereocenters. The number of rotatable bonds is 7. The summed E-state index contributed by atoms with van der Waals surface area (Å²) in [5, 5.41) is 12.8. The van der Waals surface area contributed by atoms with Crippen molar-refractivity contribution in [2.45, 2.75) is 32.4 Å². The molecule has 2 aromatic rings. The van der Waals surface area contributed by atoms with Gasteiger partial charge in [-0.05, 0) is 36.1 Å². The van der Waals surface area contributed by atoms with Gasteiger partial charge in [0.1, 0.15) is 0 Å². The standard InChI is InChI=1S/C18H23NO/c1-2-18(20)12-13-19-14-15-8-10-17(11-9-15)16-6-4-3-5-7-16/h3-11,18-20H,2,12-14H2,1H3. The summed E-state index contributed by atoms with van der Waals surface area (Å²) in [5.74, 6) is 0. The Hall–Kier alpha value is -1.64. The topological polar surface area (TPSA) is 32.3 Å². The molecular weight excluding hydrogens is 246 g/mol. The Morgan fingerprint density at radius 3 is 2.25 bits per heavy atom. The number of aliphatic hydroxyl groups excluding tert-OH is 1. The molecule has 0 aliphatic carbocycles. The van der Waals surface area contributed by atoms with Gasteiger partial charge in [0.15, 0.2) is 0 Å². The Morgan fingerprint density at radius 1 is 0.950 bits per heavy atom. The minimum absolute atomic E-state index is 0.178. The zero-order valence-electron chi connectivity index (χ0n) is 12.0. The van der Waals surface area contributed by atoms with Crippen LogP contribution in [-0.4, -0.2) is 17.8 Å². The van der Waals surface area contributed by atoms with E-state index in [9.17, 15) is 5.11 Å². The molecular formula is C18H23NO. The quantitative estimate of drug-likeness (QED) is 0.753. The highest BCUT2D eigenvalue weighted by atomic mass is 16.3. The van der Waals surface area contributed by atoms with Crippen LogP contribution >= 0.6 is 0 Å². The van der Waals surface area contributed by atoms with Crippen LogP contribution in [0.15, 0.2) is 54.6 Å². The predicted molar refractivity (Wildman–Crippen MR) is 84.5 cm³/mol. The summed E-state index contributed by atoms with van der Waals surface area (Å²) < 4.78 is 0. The first-order valence-corrected chi connectivity index (χ1v) is 7.32. The van der Waals surface area contributed by atoms with Gasteiger partial charge < -0.3 is 10.4 Å². The maximum absolute atomic E-state index is 9.48. The van der Waals surface area contributed by atoms with E-state index in [-0.39, 0.29) is 6.10 Å². The van der Waals surface area contributed by atoms with E-state index in [4.69, 9.17) is 0 Å². The van der Waals surface area contributed by atoms with E-state index < -0.39 is 0 Å². The van der Waals surface area contributed by atoms with Gasteiger partial charge in [-0.2, -0.15) is 0 Å². The van der Waals surface area contributed by atoms with Gasteiger partial charge in [0.25, 0.3) is 0 Å². The van der Waals surface area contributed by atoms with Crippen LogP contribution in [0.4, 0.5) is 0 Å². The average molecular weight is 269 g/mol. The van der Waals surface area contributed by atoms with E-state index in [0.29, 0.717) is 0 Å². The fourth-order valence-electron chi connectivity index (χ4n) is 2.15. The van der Waals surface area contributed by atoms with Crippen LogP contribution in [0.2, 0.25) is 0 Å². The molecule has 0 amide bonds. The summed E-state index contributed by atoms with van der Waals surface area (Å²) in [6.07, 6.45) is 1.47. The van der Waals surface area contributed by atoms with Gasteiger partial charge >= 0.3 is 0 Å². The smallest absolute Gasteiger partial charge is 0.0549 e. The molecule has 0 aliphatic heterocycles. The number of benzene rings is 2. The first kappa shape index (κ1) is 14.8. The zero-order valence-corrected chi connectivity index (χ0v) is 12.0. The lowest BCUT2D eigenvalue weighted by atomic mass is 10.0. The van der Waals surface area contributed by atoms with E-state index >= 15 is 0 Å². The molecule has 2 N–H and O–H groups in total. The lowest BCUT2D eigenvalue weighted by Crippen LogP contribution is -2.19. The largest absolute Gasteiger partial charge is 0.393 e. The Kier molecular flexibility index (Phi) is 5.78. The van der Waals surface area contributed by atoms with Crippen LogP contribution < -0.4 is 5.32 Å². The van der Waals surface area contributed by atoms with Gasteiger partial charge in [-0.3, -0.25) is 0 Å². The third-order valence-corrected chi connectivity index (χ3v) is 3.52. The van der Waals surface area contributed by atoms with Crippen molar-refractivity contribution in [2.75, 3.05) is 6.54 Å². The normalized spacial score (nSPS) is 12.3. The first-order chi connectivity index (χ1) is 9.79. The van der Waals surface area contributed by atoms with Crippen LogP contribution in [-0.2, 0) is 6.54 Å². The average Bonchev–Trinajstić information content (AvgIpc) is 2.52. The minimum atomic E-state index is -0.178. The molecule has 0 radical (unpaired) electrons. The molecule has 2 aromatic carbocycles. The molecule has 0 spiro atoms. The second-order valence-corrected chi connectivity index (χ2v) is 5.09. The fraction of sp³-hybridized carbons (Fsp3) is 0.333. The molecule has 1 unspecified atom stereocenters. The van der Waals surface area contributed by atoms with Crippen molar-refractivity contribution in [3.63, 3.8) is 0 Å². The summed E-state index contributed by atoms with van der Waals surface area (Å²) >= 11 is 0. The monoisotopic (exact) mass is 269 g/mol. The number of nitrogens with one attached hydrogen (secondary N) is 1. The second kappa shape index (κ2) is 7.83. The van der Waals surface area contributed by atoms with E-state index in [1.807, 2.05) is 13.0 Å². The van der Waals surface area contributed by atoms with Crippen LogP contribution in [0.25, 0.3) is 11.1 Å². The van der Waals surface area contributed by atoms with Gasteiger partial charge in [-0.25, -0.2) is 0 Å². The molecule has 106 valence electrons. The Bertz CT molecular complexity index is 493. The van der Waals surface area contributed by atoms with E-state index in [1.54, 1.807) is 0 Å². The maximum Gasteiger partial charge on any atom is 0.0549 e. The van der Waals surface area contributed by atoms with Gasteiger partial charge in [0.05, 0.1) is 6.10 Å². The van der Waals surface area contributed by atoms with Crippen molar-refractivity contribution in [3.05, 3.63) is 60.2 Å². The number of hydrogen-bond donors (Lipinski definition) is 2. The van der Waals surface area contributed by atoms with E-state index in [0.717, 1.165) is 25.9 Å². The van der Waals surface area contributed by atoms with Gasteiger partial charge in [0.2, 0.25) is 0 Å². The molecule has 2 heteroatoms. The SMILES string of the molecule is CCC(O)CCNCc1ccc(-c2ccccc2)cc1. The molecule has 0 bridgehead atoms. The molecule has 0 saturated heterocycles. The minimum Gasteiger partial charge on any atom is -0.393 e. The van der Waals surface area contributed by atoms with Gasteiger partial charge in [-0.15, -0.1) is 0 Å². The lowest BCUT2D eigenvalue weighted by molar-refractivity contribution is 0.159. The summed E-state index contributed by atoms with van der Waals surface area (Å²) in [5.41, 5.74) is 3.77. The van der Waals surface area contributed by atoms with Crippen LogP contribution in [0.1, 0.15) is 25.3 Å². The summed E-state index contributed by atoms with van der Waals surface area (Å²) in [6, 6.07) is 19.0. The molecule has 0 saturated carbocycles. The van der Waals surface area contributed by atoms with Crippen molar-refractivity contribution in [3.8, 4) is 11.1 Å². The van der Waals surface area contributed by atoms with Crippen LogP contribution in [0, 0.1) is 0 Å². The van der Waals surface area contributed by atoms with Crippen molar-refractivity contribution in [1.29, 1.82) is 0 Å². The second-order valence-electron chi connectivity index (χ2n) is 5.09.